The molecule has 1 aliphatic heterocycles. The fourth-order valence-corrected chi connectivity index (χ4v) is 3.67. The average molecular weight is 327 g/mol. The van der Waals surface area contributed by atoms with Crippen molar-refractivity contribution in [2.75, 3.05) is 13.1 Å². The Balaban J connectivity index is 0.00000176. The first-order valence-electron chi connectivity index (χ1n) is 7.89. The van der Waals surface area contributed by atoms with Crippen molar-refractivity contribution in [2.45, 2.75) is 44.1 Å². The van der Waals surface area contributed by atoms with Crippen LogP contribution in [0.2, 0.25) is 0 Å². The number of amides is 1. The number of nitrogens with zero attached hydrogens (tertiary/aromatic N) is 1. The topological polar surface area (TPSA) is 46.3 Å². The van der Waals surface area contributed by atoms with Gasteiger partial charge in [-0.15, -0.1) is 12.4 Å². The van der Waals surface area contributed by atoms with Gasteiger partial charge in [0.05, 0.1) is 5.54 Å². The molecule has 0 aromatic heterocycles. The highest BCUT2D eigenvalue weighted by Gasteiger charge is 2.41. The summed E-state index contributed by atoms with van der Waals surface area (Å²) in [6.45, 7) is 1.60. The molecule has 1 amide bonds. The lowest BCUT2D eigenvalue weighted by Crippen LogP contribution is -2.52. The van der Waals surface area contributed by atoms with Crippen molar-refractivity contribution >= 4 is 18.3 Å². The number of benzene rings is 1. The first-order chi connectivity index (χ1) is 10.1. The number of rotatable bonds is 3. The molecule has 0 radical (unpaired) electrons. The van der Waals surface area contributed by atoms with Crippen LogP contribution in [0.4, 0.5) is 4.39 Å². The van der Waals surface area contributed by atoms with E-state index in [1.165, 1.54) is 12.1 Å². The van der Waals surface area contributed by atoms with Gasteiger partial charge in [-0.25, -0.2) is 4.39 Å². The van der Waals surface area contributed by atoms with E-state index in [0.717, 1.165) is 57.2 Å². The van der Waals surface area contributed by atoms with E-state index in [0.29, 0.717) is 5.92 Å². The van der Waals surface area contributed by atoms with Crippen molar-refractivity contribution in [1.82, 2.24) is 4.90 Å². The lowest BCUT2D eigenvalue weighted by atomic mass is 9.97. The second-order valence-corrected chi connectivity index (χ2v) is 6.60. The number of likely N-dealkylation sites (tertiary alicyclic amines) is 1. The summed E-state index contributed by atoms with van der Waals surface area (Å²) in [6, 6.07) is 6.67. The Morgan fingerprint density at radius 3 is 2.55 bits per heavy atom. The fraction of sp³-hybridized carbons (Fsp3) is 0.588. The Labute approximate surface area is 137 Å². The van der Waals surface area contributed by atoms with Crippen LogP contribution in [0, 0.1) is 11.7 Å². The lowest BCUT2D eigenvalue weighted by molar-refractivity contribution is -0.135. The van der Waals surface area contributed by atoms with E-state index < -0.39 is 5.54 Å². The van der Waals surface area contributed by atoms with Gasteiger partial charge in [0.15, 0.2) is 0 Å². The Kier molecular flexibility index (Phi) is 5.45. The molecule has 1 aromatic carbocycles. The molecule has 3 nitrogen and oxygen atoms in total. The highest BCUT2D eigenvalue weighted by Crippen LogP contribution is 2.31. The zero-order valence-electron chi connectivity index (χ0n) is 12.8. The quantitative estimate of drug-likeness (QED) is 0.928. The minimum atomic E-state index is -0.606. The molecule has 1 atom stereocenters. The van der Waals surface area contributed by atoms with Crippen molar-refractivity contribution < 1.29 is 9.18 Å². The van der Waals surface area contributed by atoms with E-state index in [1.807, 2.05) is 17.0 Å². The third kappa shape index (κ3) is 3.61. The van der Waals surface area contributed by atoms with Gasteiger partial charge in [-0.3, -0.25) is 4.79 Å². The first kappa shape index (κ1) is 17.2. The van der Waals surface area contributed by atoms with Crippen LogP contribution in [-0.2, 0) is 11.2 Å². The van der Waals surface area contributed by atoms with E-state index in [4.69, 9.17) is 5.73 Å². The Hall–Kier alpha value is -1.13. The Bertz CT molecular complexity index is 514. The van der Waals surface area contributed by atoms with Crippen LogP contribution in [0.15, 0.2) is 24.3 Å². The Morgan fingerprint density at radius 1 is 1.27 bits per heavy atom. The predicted octanol–water partition coefficient (Wildman–Crippen LogP) is 2.91. The van der Waals surface area contributed by atoms with Gasteiger partial charge in [-0.2, -0.15) is 0 Å². The molecule has 1 saturated carbocycles. The molecule has 1 saturated heterocycles. The summed E-state index contributed by atoms with van der Waals surface area (Å²) in [5.41, 5.74) is 6.80. The molecule has 22 heavy (non-hydrogen) atoms. The van der Waals surface area contributed by atoms with Crippen LogP contribution in [0.1, 0.15) is 37.7 Å². The SMILES string of the molecule is Cl.NC1(C(=O)N2CCC(Cc3ccc(F)cc3)C2)CCCC1. The highest BCUT2D eigenvalue weighted by atomic mass is 35.5. The molecule has 2 aliphatic rings. The highest BCUT2D eigenvalue weighted by molar-refractivity contribution is 5.86. The smallest absolute Gasteiger partial charge is 0.242 e. The fourth-order valence-electron chi connectivity index (χ4n) is 3.67. The van der Waals surface area contributed by atoms with Crippen molar-refractivity contribution in [3.63, 3.8) is 0 Å². The van der Waals surface area contributed by atoms with Crippen LogP contribution in [-0.4, -0.2) is 29.4 Å². The maximum Gasteiger partial charge on any atom is 0.242 e. The van der Waals surface area contributed by atoms with Gasteiger partial charge < -0.3 is 10.6 Å². The molecule has 122 valence electrons. The number of carbonyl (C=O) groups is 1. The minimum Gasteiger partial charge on any atom is -0.341 e. The summed E-state index contributed by atoms with van der Waals surface area (Å²) in [4.78, 5) is 14.5. The summed E-state index contributed by atoms with van der Waals surface area (Å²) in [7, 11) is 0. The van der Waals surface area contributed by atoms with Crippen LogP contribution < -0.4 is 5.73 Å². The van der Waals surface area contributed by atoms with E-state index in [-0.39, 0.29) is 24.1 Å². The molecular weight excluding hydrogens is 303 g/mol. The molecule has 0 spiro atoms. The summed E-state index contributed by atoms with van der Waals surface area (Å²) in [5, 5.41) is 0. The van der Waals surface area contributed by atoms with Crippen LogP contribution in [0.5, 0.6) is 0 Å². The van der Waals surface area contributed by atoms with Gasteiger partial charge in [-0.1, -0.05) is 25.0 Å². The minimum absolute atomic E-state index is 0. The van der Waals surface area contributed by atoms with E-state index in [9.17, 15) is 9.18 Å². The molecule has 5 heteroatoms. The zero-order chi connectivity index (χ0) is 14.9. The average Bonchev–Trinajstić information content (AvgIpc) is 3.11. The molecule has 1 unspecified atom stereocenters. The second-order valence-electron chi connectivity index (χ2n) is 6.60. The maximum absolute atomic E-state index is 12.9. The molecule has 1 aliphatic carbocycles. The first-order valence-corrected chi connectivity index (χ1v) is 7.89. The molecular formula is C17H24ClFN2O. The largest absolute Gasteiger partial charge is 0.341 e. The summed E-state index contributed by atoms with van der Waals surface area (Å²) < 4.78 is 12.9. The normalized spacial score (nSPS) is 23.4. The van der Waals surface area contributed by atoms with E-state index >= 15 is 0 Å². The van der Waals surface area contributed by atoms with Crippen LogP contribution in [0.25, 0.3) is 0 Å². The predicted molar refractivity (Wildman–Crippen MR) is 87.4 cm³/mol. The molecule has 2 N–H and O–H groups in total. The summed E-state index contributed by atoms with van der Waals surface area (Å²) in [5.74, 6) is 0.402. The standard InChI is InChI=1S/C17H23FN2O.ClH/c18-15-5-3-13(4-6-15)11-14-7-10-20(12-14)16(21)17(19)8-1-2-9-17;/h3-6,14H,1-2,7-12,19H2;1H. The number of hydrogen-bond donors (Lipinski definition) is 1. The van der Waals surface area contributed by atoms with Gasteiger partial charge in [0.1, 0.15) is 5.82 Å². The molecule has 1 aromatic rings. The van der Waals surface area contributed by atoms with Crippen molar-refractivity contribution in [3.8, 4) is 0 Å². The Morgan fingerprint density at radius 2 is 1.91 bits per heavy atom. The number of hydrogen-bond acceptors (Lipinski definition) is 2. The third-order valence-electron chi connectivity index (χ3n) is 4.93. The molecule has 1 heterocycles. The zero-order valence-corrected chi connectivity index (χ0v) is 13.6. The molecule has 3 rings (SSSR count). The lowest BCUT2D eigenvalue weighted by Gasteiger charge is -2.28. The monoisotopic (exact) mass is 326 g/mol. The van der Waals surface area contributed by atoms with Crippen molar-refractivity contribution in [1.29, 1.82) is 0 Å². The van der Waals surface area contributed by atoms with Crippen molar-refractivity contribution in [3.05, 3.63) is 35.6 Å². The third-order valence-corrected chi connectivity index (χ3v) is 4.93. The van der Waals surface area contributed by atoms with Gasteiger partial charge in [-0.05, 0) is 49.3 Å². The number of halogens is 2. The van der Waals surface area contributed by atoms with Crippen LogP contribution in [0.3, 0.4) is 0 Å². The van der Waals surface area contributed by atoms with Gasteiger partial charge in [0.2, 0.25) is 5.91 Å². The number of nitrogens with two attached hydrogens (primary N) is 1. The van der Waals surface area contributed by atoms with E-state index in [2.05, 4.69) is 0 Å². The van der Waals surface area contributed by atoms with Crippen LogP contribution >= 0.6 is 12.4 Å². The van der Waals surface area contributed by atoms with Crippen molar-refractivity contribution in [2.24, 2.45) is 11.7 Å². The second kappa shape index (κ2) is 6.97. The van der Waals surface area contributed by atoms with E-state index in [1.54, 1.807) is 0 Å². The molecule has 2 fully saturated rings. The van der Waals surface area contributed by atoms with Gasteiger partial charge in [0, 0.05) is 13.1 Å². The number of carbonyl (C=O) groups excluding carboxylic acids is 1. The van der Waals surface area contributed by atoms with Gasteiger partial charge >= 0.3 is 0 Å². The van der Waals surface area contributed by atoms with Gasteiger partial charge in [0.25, 0.3) is 0 Å². The summed E-state index contributed by atoms with van der Waals surface area (Å²) in [6.07, 6.45) is 5.70. The molecule has 0 bridgehead atoms. The summed E-state index contributed by atoms with van der Waals surface area (Å²) >= 11 is 0. The maximum atomic E-state index is 12.9.